The molecule has 2 N–H and O–H groups in total. The molecule has 0 atom stereocenters. The van der Waals surface area contributed by atoms with Crippen molar-refractivity contribution in [3.63, 3.8) is 0 Å². The molecule has 0 fully saturated rings. The van der Waals surface area contributed by atoms with Gasteiger partial charge in [-0.2, -0.15) is 0 Å². The molecule has 1 heterocycles. The number of carbonyl (C=O) groups excluding carboxylic acids is 1. The molecule has 4 aromatic rings. The predicted molar refractivity (Wildman–Crippen MR) is 110 cm³/mol. The summed E-state index contributed by atoms with van der Waals surface area (Å²) in [5.41, 5.74) is 6.89. The molecule has 0 saturated carbocycles. The van der Waals surface area contributed by atoms with E-state index in [9.17, 15) is 4.79 Å². The van der Waals surface area contributed by atoms with E-state index in [1.54, 1.807) is 0 Å². The second-order valence-electron chi connectivity index (χ2n) is 6.73. The van der Waals surface area contributed by atoms with E-state index in [-0.39, 0.29) is 5.91 Å². The maximum absolute atomic E-state index is 12.5. The third-order valence-corrected chi connectivity index (χ3v) is 4.86. The van der Waals surface area contributed by atoms with E-state index in [2.05, 4.69) is 15.3 Å². The lowest BCUT2D eigenvalue weighted by Crippen LogP contribution is -2.16. The van der Waals surface area contributed by atoms with E-state index in [1.807, 2.05) is 80.6 Å². The van der Waals surface area contributed by atoms with Crippen molar-refractivity contribution >= 4 is 22.6 Å². The van der Waals surface area contributed by atoms with Gasteiger partial charge < -0.3 is 10.3 Å². The lowest BCUT2D eigenvalue weighted by Gasteiger charge is -2.12. The summed E-state index contributed by atoms with van der Waals surface area (Å²) in [7, 11) is 0. The first kappa shape index (κ1) is 17.0. The van der Waals surface area contributed by atoms with Gasteiger partial charge in [0, 0.05) is 11.3 Å². The lowest BCUT2D eigenvalue weighted by molar-refractivity contribution is -0.115. The number of anilines is 1. The van der Waals surface area contributed by atoms with Gasteiger partial charge in [-0.05, 0) is 48.7 Å². The number of aryl methyl sites for hydroxylation is 1. The second-order valence-corrected chi connectivity index (χ2v) is 6.73. The van der Waals surface area contributed by atoms with Crippen molar-refractivity contribution in [2.45, 2.75) is 20.3 Å². The number of amides is 1. The summed E-state index contributed by atoms with van der Waals surface area (Å²) in [6.45, 7) is 4.03. The Morgan fingerprint density at radius 3 is 2.56 bits per heavy atom. The average Bonchev–Trinajstić information content (AvgIpc) is 3.09. The Kier molecular flexibility index (Phi) is 4.47. The van der Waals surface area contributed by atoms with Gasteiger partial charge in [0.25, 0.3) is 0 Å². The molecule has 1 aromatic heterocycles. The van der Waals surface area contributed by atoms with E-state index in [0.29, 0.717) is 6.42 Å². The summed E-state index contributed by atoms with van der Waals surface area (Å²) in [6.07, 6.45) is 0.362. The first-order valence-electron chi connectivity index (χ1n) is 9.01. The van der Waals surface area contributed by atoms with Gasteiger partial charge in [-0.1, -0.05) is 48.5 Å². The second kappa shape index (κ2) is 7.08. The first-order chi connectivity index (χ1) is 13.1. The first-order valence-corrected chi connectivity index (χ1v) is 9.01. The van der Waals surface area contributed by atoms with Crippen LogP contribution < -0.4 is 5.32 Å². The zero-order valence-corrected chi connectivity index (χ0v) is 15.4. The zero-order valence-electron chi connectivity index (χ0n) is 15.4. The number of hydrogen-bond acceptors (Lipinski definition) is 2. The number of rotatable bonds is 4. The van der Waals surface area contributed by atoms with Crippen molar-refractivity contribution in [2.24, 2.45) is 0 Å². The number of para-hydroxylation sites is 2. The molecule has 0 radical (unpaired) electrons. The summed E-state index contributed by atoms with van der Waals surface area (Å²) in [5, 5.41) is 3.05. The Balaban J connectivity index is 1.60. The maximum Gasteiger partial charge on any atom is 0.228 e. The van der Waals surface area contributed by atoms with Crippen LogP contribution in [-0.4, -0.2) is 15.9 Å². The molecule has 0 saturated heterocycles. The van der Waals surface area contributed by atoms with Crippen LogP contribution in [-0.2, 0) is 11.2 Å². The average molecular weight is 355 g/mol. The van der Waals surface area contributed by atoms with Gasteiger partial charge in [0.1, 0.15) is 5.82 Å². The van der Waals surface area contributed by atoms with Gasteiger partial charge in [-0.3, -0.25) is 4.79 Å². The third kappa shape index (κ3) is 3.47. The third-order valence-electron chi connectivity index (χ3n) is 4.86. The predicted octanol–water partition coefficient (Wildman–Crippen LogP) is 5.03. The Hall–Kier alpha value is -3.40. The maximum atomic E-state index is 12.5. The van der Waals surface area contributed by atoms with Crippen LogP contribution in [0.25, 0.3) is 22.4 Å². The highest BCUT2D eigenvalue weighted by Crippen LogP contribution is 2.28. The minimum absolute atomic E-state index is 0.0193. The van der Waals surface area contributed by atoms with Gasteiger partial charge in [-0.25, -0.2) is 4.98 Å². The van der Waals surface area contributed by atoms with Crippen molar-refractivity contribution in [3.05, 3.63) is 83.4 Å². The van der Waals surface area contributed by atoms with Gasteiger partial charge in [0.05, 0.1) is 17.5 Å². The summed E-state index contributed by atoms with van der Waals surface area (Å²) in [6, 6.07) is 21.8. The Morgan fingerprint density at radius 1 is 0.963 bits per heavy atom. The van der Waals surface area contributed by atoms with Crippen LogP contribution in [0.3, 0.4) is 0 Å². The van der Waals surface area contributed by atoms with Gasteiger partial charge in [0.15, 0.2) is 0 Å². The van der Waals surface area contributed by atoms with Crippen LogP contribution in [0.2, 0.25) is 0 Å². The van der Waals surface area contributed by atoms with Gasteiger partial charge in [0.2, 0.25) is 5.91 Å². The van der Waals surface area contributed by atoms with Gasteiger partial charge in [-0.15, -0.1) is 0 Å². The summed E-state index contributed by atoms with van der Waals surface area (Å²) >= 11 is 0. The molecule has 4 rings (SSSR count). The summed E-state index contributed by atoms with van der Waals surface area (Å²) in [5.74, 6) is 0.790. The monoisotopic (exact) mass is 355 g/mol. The minimum atomic E-state index is -0.0193. The molecular weight excluding hydrogens is 334 g/mol. The number of benzene rings is 3. The molecule has 0 aliphatic rings. The Bertz CT molecular complexity index is 1090. The highest BCUT2D eigenvalue weighted by Gasteiger charge is 2.13. The molecule has 4 heteroatoms. The van der Waals surface area contributed by atoms with Crippen LogP contribution in [0, 0.1) is 13.8 Å². The van der Waals surface area contributed by atoms with Crippen molar-refractivity contribution in [3.8, 4) is 11.4 Å². The van der Waals surface area contributed by atoms with Crippen molar-refractivity contribution in [1.29, 1.82) is 0 Å². The van der Waals surface area contributed by atoms with Crippen LogP contribution in [0.5, 0.6) is 0 Å². The topological polar surface area (TPSA) is 57.8 Å². The number of fused-ring (bicyclic) bond motifs is 1. The molecule has 3 aromatic carbocycles. The van der Waals surface area contributed by atoms with E-state index >= 15 is 0 Å². The number of imidazole rings is 1. The highest BCUT2D eigenvalue weighted by atomic mass is 16.1. The van der Waals surface area contributed by atoms with E-state index in [4.69, 9.17) is 0 Å². The number of aromatic nitrogens is 2. The molecule has 0 bridgehead atoms. The number of aromatic amines is 1. The molecule has 0 unspecified atom stereocenters. The number of nitrogens with one attached hydrogen (secondary N) is 2. The Morgan fingerprint density at radius 2 is 1.74 bits per heavy atom. The van der Waals surface area contributed by atoms with E-state index < -0.39 is 0 Å². The van der Waals surface area contributed by atoms with Gasteiger partial charge >= 0.3 is 0 Å². The molecule has 0 aliphatic carbocycles. The minimum Gasteiger partial charge on any atom is -0.338 e. The molecule has 0 aliphatic heterocycles. The van der Waals surface area contributed by atoms with E-state index in [0.717, 1.165) is 44.8 Å². The summed E-state index contributed by atoms with van der Waals surface area (Å²) < 4.78 is 0. The fraction of sp³-hybridized carbons (Fsp3) is 0.130. The van der Waals surface area contributed by atoms with Crippen molar-refractivity contribution in [1.82, 2.24) is 9.97 Å². The molecule has 0 spiro atoms. The Labute approximate surface area is 158 Å². The molecular formula is C23H21N3O. The van der Waals surface area contributed by atoms with E-state index in [1.165, 1.54) is 0 Å². The van der Waals surface area contributed by atoms with Crippen molar-refractivity contribution < 1.29 is 4.79 Å². The van der Waals surface area contributed by atoms with Crippen LogP contribution in [0.1, 0.15) is 16.7 Å². The number of H-pyrrole nitrogens is 1. The fourth-order valence-electron chi connectivity index (χ4n) is 3.28. The quantitative estimate of drug-likeness (QED) is 0.539. The largest absolute Gasteiger partial charge is 0.338 e. The van der Waals surface area contributed by atoms with Crippen molar-refractivity contribution in [2.75, 3.05) is 5.32 Å². The SMILES string of the molecule is Cc1ccccc1CC(=O)Nc1cccc(-c2nc3ccccc3[nH]2)c1C. The highest BCUT2D eigenvalue weighted by molar-refractivity contribution is 5.94. The number of carbonyl (C=O) groups is 1. The summed E-state index contributed by atoms with van der Waals surface area (Å²) in [4.78, 5) is 20.6. The number of nitrogens with zero attached hydrogens (tertiary/aromatic N) is 1. The molecule has 1 amide bonds. The molecule has 4 nitrogen and oxygen atoms in total. The molecule has 134 valence electrons. The lowest BCUT2D eigenvalue weighted by atomic mass is 10.0. The molecule has 27 heavy (non-hydrogen) atoms. The van der Waals surface area contributed by atoms with Crippen LogP contribution in [0.4, 0.5) is 5.69 Å². The normalized spacial score (nSPS) is 10.9. The standard InChI is InChI=1S/C23H21N3O/c1-15-8-3-4-9-17(15)14-22(27)24-19-13-7-10-18(16(19)2)23-25-20-11-5-6-12-21(20)26-23/h3-13H,14H2,1-2H3,(H,24,27)(H,25,26). The fourth-order valence-corrected chi connectivity index (χ4v) is 3.28. The van der Waals surface area contributed by atoms with Crippen LogP contribution in [0.15, 0.2) is 66.7 Å². The van der Waals surface area contributed by atoms with Crippen LogP contribution >= 0.6 is 0 Å². The smallest absolute Gasteiger partial charge is 0.228 e. The number of hydrogen-bond donors (Lipinski definition) is 2. The zero-order chi connectivity index (χ0) is 18.8.